The van der Waals surface area contributed by atoms with E-state index in [0.29, 0.717) is 25.8 Å². The van der Waals surface area contributed by atoms with Crippen molar-refractivity contribution in [3.05, 3.63) is 47.8 Å². The number of esters is 2. The Balaban J connectivity index is 1.66. The normalized spacial score (nSPS) is 26.4. The van der Waals surface area contributed by atoms with Gasteiger partial charge in [0.15, 0.2) is 6.10 Å². The van der Waals surface area contributed by atoms with Gasteiger partial charge in [-0.2, -0.15) is 0 Å². The highest BCUT2D eigenvalue weighted by molar-refractivity contribution is 5.91. The number of carbonyl (C=O) groups excluding carboxylic acids is 4. The van der Waals surface area contributed by atoms with E-state index in [2.05, 4.69) is 15.7 Å². The lowest BCUT2D eigenvalue weighted by molar-refractivity contribution is -0.167. The Morgan fingerprint density at radius 3 is 2.54 bits per heavy atom. The Morgan fingerprint density at radius 1 is 1.05 bits per heavy atom. The summed E-state index contributed by atoms with van der Waals surface area (Å²) in [7, 11) is 0. The molecule has 1 aromatic heterocycles. The van der Waals surface area contributed by atoms with Gasteiger partial charge in [-0.05, 0) is 82.0 Å². The molecule has 1 fully saturated rings. The van der Waals surface area contributed by atoms with Crippen LogP contribution < -0.4 is 10.7 Å². The quantitative estimate of drug-likeness (QED) is 0.500. The summed E-state index contributed by atoms with van der Waals surface area (Å²) in [5.41, 5.74) is 3.62. The molecule has 0 radical (unpaired) electrons. The molecule has 2 aliphatic rings. The molecule has 2 N–H and O–H groups in total. The third kappa shape index (κ3) is 7.11. The molecule has 0 aliphatic carbocycles. The first-order valence-electron chi connectivity index (χ1n) is 14.2. The van der Waals surface area contributed by atoms with E-state index in [0.717, 1.165) is 22.0 Å². The molecule has 41 heavy (non-hydrogen) atoms. The number of hydrogen-bond acceptors (Lipinski definition) is 8. The molecule has 10 heteroatoms. The maximum atomic E-state index is 13.2. The Kier molecular flexibility index (Phi) is 9.11. The van der Waals surface area contributed by atoms with Gasteiger partial charge in [-0.25, -0.2) is 5.43 Å². The van der Waals surface area contributed by atoms with Gasteiger partial charge in [0.2, 0.25) is 0 Å². The van der Waals surface area contributed by atoms with Crippen LogP contribution in [-0.4, -0.2) is 58.5 Å². The number of cyclic esters (lactones) is 2. The standard InChI is InChI=1S/C31H40N4O6/c1-18(2)26-27(36)33-19(3)28(37)35-14-8-10-25(34-35)29(38)40-20(4)21-11-12-22-17-32-24(16-23(22)15-21)9-7-13-31(5,6)30(39)41-26/h7,9,11-12,15-20,25-26,34H,8,10,13-14H2,1-6H3,(H,33,36)/t19-,20+,25-,26-/m0/s1. The number of carbonyl (C=O) groups is 4. The van der Waals surface area contributed by atoms with Crippen molar-refractivity contribution in [1.29, 1.82) is 0 Å². The molecule has 1 aromatic carbocycles. The van der Waals surface area contributed by atoms with Crippen molar-refractivity contribution >= 4 is 40.6 Å². The van der Waals surface area contributed by atoms with Crippen molar-refractivity contribution in [1.82, 2.24) is 20.7 Å². The van der Waals surface area contributed by atoms with E-state index in [4.69, 9.17) is 9.47 Å². The van der Waals surface area contributed by atoms with Crippen LogP contribution in [-0.2, 0) is 28.7 Å². The average molecular weight is 565 g/mol. The number of rotatable bonds is 1. The van der Waals surface area contributed by atoms with Crippen LogP contribution in [0.2, 0.25) is 0 Å². The molecule has 1 saturated heterocycles. The van der Waals surface area contributed by atoms with Gasteiger partial charge in [-0.3, -0.25) is 29.2 Å². The van der Waals surface area contributed by atoms with Crippen molar-refractivity contribution in [3.63, 3.8) is 0 Å². The summed E-state index contributed by atoms with van der Waals surface area (Å²) in [6.07, 6.45) is 5.36. The molecule has 3 heterocycles. The Morgan fingerprint density at radius 2 is 1.80 bits per heavy atom. The highest BCUT2D eigenvalue weighted by Gasteiger charge is 2.37. The first-order chi connectivity index (χ1) is 19.4. The van der Waals surface area contributed by atoms with Gasteiger partial charge >= 0.3 is 11.9 Å². The van der Waals surface area contributed by atoms with Gasteiger partial charge in [0.25, 0.3) is 11.8 Å². The molecule has 4 rings (SSSR count). The van der Waals surface area contributed by atoms with Crippen molar-refractivity contribution < 1.29 is 28.7 Å². The predicted molar refractivity (Wildman–Crippen MR) is 154 cm³/mol. The molecule has 2 amide bonds. The molecule has 0 spiro atoms. The fraction of sp³-hybridized carbons (Fsp3) is 0.516. The molecular formula is C31H40N4O6. The largest absolute Gasteiger partial charge is 0.457 e. The summed E-state index contributed by atoms with van der Waals surface area (Å²) in [5.74, 6) is -2.24. The van der Waals surface area contributed by atoms with Crippen LogP contribution in [0.4, 0.5) is 0 Å². The predicted octanol–water partition coefficient (Wildman–Crippen LogP) is 3.85. The third-order valence-corrected chi connectivity index (χ3v) is 7.56. The van der Waals surface area contributed by atoms with Gasteiger partial charge < -0.3 is 14.8 Å². The van der Waals surface area contributed by atoms with Crippen molar-refractivity contribution in [3.8, 4) is 0 Å². The monoisotopic (exact) mass is 564 g/mol. The van der Waals surface area contributed by atoms with E-state index in [9.17, 15) is 19.2 Å². The van der Waals surface area contributed by atoms with Crippen LogP contribution in [0.1, 0.15) is 78.2 Å². The topological polar surface area (TPSA) is 127 Å². The molecule has 0 saturated carbocycles. The number of amides is 2. The Labute approximate surface area is 240 Å². The van der Waals surface area contributed by atoms with Gasteiger partial charge in [0, 0.05) is 18.1 Å². The lowest BCUT2D eigenvalue weighted by Gasteiger charge is -2.35. The number of aromatic nitrogens is 1. The van der Waals surface area contributed by atoms with Crippen LogP contribution in [0.25, 0.3) is 16.8 Å². The van der Waals surface area contributed by atoms with Gasteiger partial charge in [0.1, 0.15) is 18.2 Å². The number of nitrogens with zero attached hydrogens (tertiary/aromatic N) is 2. The van der Waals surface area contributed by atoms with Crippen molar-refractivity contribution in [2.75, 3.05) is 6.54 Å². The lowest BCUT2D eigenvalue weighted by Crippen LogP contribution is -2.60. The molecule has 10 nitrogen and oxygen atoms in total. The number of allylic oxidation sites excluding steroid dienone is 1. The number of benzene rings is 1. The van der Waals surface area contributed by atoms with Crippen LogP contribution in [0, 0.1) is 11.3 Å². The summed E-state index contributed by atoms with van der Waals surface area (Å²) in [6, 6.07) is 6.14. The number of hydrazine groups is 1. The smallest absolute Gasteiger partial charge is 0.325 e. The zero-order valence-corrected chi connectivity index (χ0v) is 24.6. The second-order valence-electron chi connectivity index (χ2n) is 11.9. The highest BCUT2D eigenvalue weighted by atomic mass is 16.6. The van der Waals surface area contributed by atoms with E-state index in [1.54, 1.807) is 40.8 Å². The number of pyridine rings is 1. The van der Waals surface area contributed by atoms with Gasteiger partial charge in [0.05, 0.1) is 11.1 Å². The summed E-state index contributed by atoms with van der Waals surface area (Å²) < 4.78 is 11.5. The molecule has 4 atom stereocenters. The van der Waals surface area contributed by atoms with E-state index in [-0.39, 0.29) is 5.92 Å². The zero-order chi connectivity index (χ0) is 29.9. The molecule has 2 aromatic rings. The minimum Gasteiger partial charge on any atom is -0.457 e. The fourth-order valence-electron chi connectivity index (χ4n) is 4.88. The highest BCUT2D eigenvalue weighted by Crippen LogP contribution is 2.27. The van der Waals surface area contributed by atoms with Crippen LogP contribution in [0.15, 0.2) is 36.5 Å². The van der Waals surface area contributed by atoms with E-state index >= 15 is 0 Å². The van der Waals surface area contributed by atoms with E-state index < -0.39 is 53.5 Å². The molecule has 0 unspecified atom stereocenters. The maximum Gasteiger partial charge on any atom is 0.325 e. The first-order valence-corrected chi connectivity index (χ1v) is 14.2. The second kappa shape index (κ2) is 12.4. The summed E-state index contributed by atoms with van der Waals surface area (Å²) in [4.78, 5) is 57.1. The van der Waals surface area contributed by atoms with Gasteiger partial charge in [-0.15, -0.1) is 0 Å². The summed E-state index contributed by atoms with van der Waals surface area (Å²) in [5, 5.41) is 5.93. The maximum absolute atomic E-state index is 13.2. The van der Waals surface area contributed by atoms with Crippen LogP contribution >= 0.6 is 0 Å². The Hall–Kier alpha value is -3.79. The summed E-state index contributed by atoms with van der Waals surface area (Å²) >= 11 is 0. The SMILES string of the molecule is CC(C)[C@@H]1OC(=O)C(C)(C)CC=Cc2cc3cc(ccc3cn2)[C@@H](C)OC(=O)[C@@H]2CCCN(N2)C(=O)[C@H](C)NC1=O. The first kappa shape index (κ1) is 30.2. The zero-order valence-electron chi connectivity index (χ0n) is 24.6. The second-order valence-corrected chi connectivity index (χ2v) is 11.9. The van der Waals surface area contributed by atoms with Crippen molar-refractivity contribution in [2.24, 2.45) is 11.3 Å². The summed E-state index contributed by atoms with van der Waals surface area (Å²) in [6.45, 7) is 10.8. The fourth-order valence-corrected chi connectivity index (χ4v) is 4.88. The minimum atomic E-state index is -1.08. The molecule has 220 valence electrons. The number of fused-ring (bicyclic) bond motifs is 4. The van der Waals surface area contributed by atoms with Crippen LogP contribution in [0.5, 0.6) is 0 Å². The Bertz CT molecular complexity index is 1350. The number of ether oxygens (including phenoxy) is 2. The van der Waals surface area contributed by atoms with E-state index in [1.807, 2.05) is 43.3 Å². The van der Waals surface area contributed by atoms with Gasteiger partial charge in [-0.1, -0.05) is 32.1 Å². The lowest BCUT2D eigenvalue weighted by atomic mass is 9.89. The number of nitrogens with one attached hydrogen (secondary N) is 2. The molecular weight excluding hydrogens is 524 g/mol. The third-order valence-electron chi connectivity index (χ3n) is 7.56. The van der Waals surface area contributed by atoms with E-state index in [1.165, 1.54) is 5.01 Å². The average Bonchev–Trinajstić information content (AvgIpc) is 2.94. The van der Waals surface area contributed by atoms with Crippen molar-refractivity contribution in [2.45, 2.75) is 85.1 Å². The van der Waals surface area contributed by atoms with Crippen LogP contribution in [0.3, 0.4) is 0 Å². The minimum absolute atomic E-state index is 0.320. The molecule has 2 aliphatic heterocycles. The number of hydrogen-bond donors (Lipinski definition) is 2. The molecule has 5 bridgehead atoms.